The fraction of sp³-hybridized carbons (Fsp3) is 0.435. The van der Waals surface area contributed by atoms with Gasteiger partial charge in [-0.05, 0) is 44.7 Å². The van der Waals surface area contributed by atoms with Crippen molar-refractivity contribution < 1.29 is 38.6 Å². The molecule has 0 aliphatic carbocycles. The fourth-order valence-electron chi connectivity index (χ4n) is 3.46. The molecule has 1 fully saturated rings. The summed E-state index contributed by atoms with van der Waals surface area (Å²) in [6, 6.07) is 4.77. The van der Waals surface area contributed by atoms with Gasteiger partial charge in [-0.1, -0.05) is 12.1 Å². The number of rotatable bonds is 8. The number of fused-ring (bicyclic) bond motifs is 1. The number of esters is 2. The van der Waals surface area contributed by atoms with Crippen molar-refractivity contribution in [1.82, 2.24) is 10.2 Å². The number of ether oxygens (including phenoxy) is 2. The molecule has 2 heterocycles. The van der Waals surface area contributed by atoms with Crippen LogP contribution in [0.1, 0.15) is 41.5 Å². The van der Waals surface area contributed by atoms with Gasteiger partial charge in [0.05, 0.1) is 16.5 Å². The van der Waals surface area contributed by atoms with Crippen molar-refractivity contribution in [2.24, 2.45) is 5.41 Å². The number of carboxylic acids is 1. The molecule has 1 unspecified atom stereocenters. The molecule has 2 aliphatic rings. The molecule has 1 saturated heterocycles. The minimum absolute atomic E-state index is 0.0639. The molecule has 2 N–H and O–H groups in total. The van der Waals surface area contributed by atoms with Crippen LogP contribution in [0.2, 0.25) is 0 Å². The van der Waals surface area contributed by atoms with E-state index in [2.05, 4.69) is 5.32 Å². The first-order valence-corrected chi connectivity index (χ1v) is 13.0. The lowest BCUT2D eigenvalue weighted by Gasteiger charge is -2.49. The van der Waals surface area contributed by atoms with Crippen LogP contribution in [0.15, 0.2) is 35.5 Å². The third-order valence-corrected chi connectivity index (χ3v) is 7.22. The molecule has 35 heavy (non-hydrogen) atoms. The summed E-state index contributed by atoms with van der Waals surface area (Å²) in [6.07, 6.45) is 1.86. The van der Waals surface area contributed by atoms with E-state index in [9.17, 15) is 29.1 Å². The number of amides is 2. The molecule has 2 atom stereocenters. The summed E-state index contributed by atoms with van der Waals surface area (Å²) in [5.74, 6) is -2.88. The Hall–Kier alpha value is -2.99. The number of hydrogen-bond acceptors (Lipinski definition) is 9. The largest absolute Gasteiger partial charge is 0.478 e. The highest BCUT2D eigenvalue weighted by Crippen LogP contribution is 2.41. The molecule has 188 valence electrons. The molecule has 3 rings (SSSR count). The van der Waals surface area contributed by atoms with Crippen LogP contribution in [0.3, 0.4) is 0 Å². The molecule has 0 radical (unpaired) electrons. The van der Waals surface area contributed by atoms with Crippen molar-refractivity contribution in [2.45, 2.75) is 32.2 Å². The van der Waals surface area contributed by atoms with Gasteiger partial charge in [-0.2, -0.15) is 11.8 Å². The van der Waals surface area contributed by atoms with Crippen molar-refractivity contribution in [2.75, 3.05) is 24.6 Å². The predicted octanol–water partition coefficient (Wildman–Crippen LogP) is 2.11. The molecule has 0 spiro atoms. The molecule has 0 aromatic heterocycles. The normalized spacial score (nSPS) is 19.4. The fourth-order valence-corrected chi connectivity index (χ4v) is 5.53. The van der Waals surface area contributed by atoms with E-state index in [-0.39, 0.29) is 16.8 Å². The summed E-state index contributed by atoms with van der Waals surface area (Å²) < 4.78 is 10.1. The zero-order valence-corrected chi connectivity index (χ0v) is 21.3. The third kappa shape index (κ3) is 5.64. The quantitative estimate of drug-likeness (QED) is 0.296. The van der Waals surface area contributed by atoms with Gasteiger partial charge >= 0.3 is 17.9 Å². The summed E-state index contributed by atoms with van der Waals surface area (Å²) in [4.78, 5) is 63.3. The molecule has 1 aromatic rings. The molecule has 12 heteroatoms. The number of benzene rings is 1. The van der Waals surface area contributed by atoms with E-state index in [1.807, 2.05) is 6.26 Å². The van der Waals surface area contributed by atoms with Crippen LogP contribution in [-0.4, -0.2) is 75.7 Å². The van der Waals surface area contributed by atoms with Crippen molar-refractivity contribution in [1.29, 1.82) is 0 Å². The Morgan fingerprint density at radius 2 is 1.83 bits per heavy atom. The Bertz CT molecular complexity index is 1100. The molecule has 10 nitrogen and oxygen atoms in total. The number of aromatic carboxylic acids is 1. The Labute approximate surface area is 210 Å². The zero-order valence-electron chi connectivity index (χ0n) is 19.7. The molecule has 0 bridgehead atoms. The van der Waals surface area contributed by atoms with Crippen LogP contribution in [0.4, 0.5) is 0 Å². The zero-order chi connectivity index (χ0) is 25.9. The molecular weight excluding hydrogens is 496 g/mol. The second-order valence-corrected chi connectivity index (χ2v) is 10.8. The number of carbonyl (C=O) groups is 5. The van der Waals surface area contributed by atoms with Crippen LogP contribution in [0.25, 0.3) is 0 Å². The number of carbonyl (C=O) groups excluding carboxylic acids is 4. The smallest absolute Gasteiger partial charge is 0.357 e. The predicted molar refractivity (Wildman–Crippen MR) is 130 cm³/mol. The minimum Gasteiger partial charge on any atom is -0.478 e. The van der Waals surface area contributed by atoms with E-state index >= 15 is 0 Å². The third-order valence-electron chi connectivity index (χ3n) is 5.24. The van der Waals surface area contributed by atoms with Crippen LogP contribution >= 0.6 is 23.5 Å². The molecule has 0 saturated carbocycles. The van der Waals surface area contributed by atoms with E-state index in [4.69, 9.17) is 9.47 Å². The maximum Gasteiger partial charge on any atom is 0.357 e. The van der Waals surface area contributed by atoms with Gasteiger partial charge in [0.25, 0.3) is 11.8 Å². The van der Waals surface area contributed by atoms with E-state index < -0.39 is 53.3 Å². The highest BCUT2D eigenvalue weighted by atomic mass is 32.2. The lowest BCUT2D eigenvalue weighted by molar-refractivity contribution is -0.173. The Balaban J connectivity index is 1.74. The van der Waals surface area contributed by atoms with E-state index in [1.165, 1.54) is 52.7 Å². The second kappa shape index (κ2) is 10.7. The number of nitrogens with one attached hydrogen (secondary N) is 1. The van der Waals surface area contributed by atoms with Crippen LogP contribution in [-0.2, 0) is 23.9 Å². The average Bonchev–Trinajstić information content (AvgIpc) is 2.81. The lowest BCUT2D eigenvalue weighted by atomic mass is 9.98. The highest BCUT2D eigenvalue weighted by Gasteiger charge is 2.54. The van der Waals surface area contributed by atoms with Gasteiger partial charge in [-0.15, -0.1) is 11.8 Å². The molecular formula is C23H26N2O8S2. The Morgan fingerprint density at radius 3 is 2.43 bits per heavy atom. The number of thioether (sulfide) groups is 2. The monoisotopic (exact) mass is 522 g/mol. The molecule has 2 amide bonds. The topological polar surface area (TPSA) is 139 Å². The summed E-state index contributed by atoms with van der Waals surface area (Å²) >= 11 is 2.86. The SMILES string of the molecule is CSCC1=C(C(=O)OCOC(=O)C(C)(C)C)N2C(=O)C(NC(=O)c3ccccc3C(=O)O)[C@H]2SC1. The van der Waals surface area contributed by atoms with Crippen molar-refractivity contribution >= 4 is 53.2 Å². The standard InChI is InChI=1S/C23H26N2O8S2/c1-23(2,3)22(31)33-11-32-21(30)16-12(9-34-4)10-35-19-15(18(27)25(16)19)24-17(26)13-7-5-6-8-14(13)20(28)29/h5-8,15,19H,9-11H2,1-4H3,(H,24,26)(H,28,29)/t15?,19-/m1/s1. The van der Waals surface area contributed by atoms with Gasteiger partial charge in [-0.3, -0.25) is 19.3 Å². The van der Waals surface area contributed by atoms with Crippen molar-refractivity contribution in [3.8, 4) is 0 Å². The van der Waals surface area contributed by atoms with Gasteiger partial charge < -0.3 is 19.9 Å². The van der Waals surface area contributed by atoms with Gasteiger partial charge in [0.15, 0.2) is 0 Å². The van der Waals surface area contributed by atoms with Crippen LogP contribution in [0.5, 0.6) is 0 Å². The first kappa shape index (κ1) is 26.6. The highest BCUT2D eigenvalue weighted by molar-refractivity contribution is 8.00. The maximum absolute atomic E-state index is 13.0. The van der Waals surface area contributed by atoms with Crippen molar-refractivity contribution in [3.63, 3.8) is 0 Å². The van der Waals surface area contributed by atoms with Crippen LogP contribution < -0.4 is 5.32 Å². The van der Waals surface area contributed by atoms with Gasteiger partial charge in [0, 0.05) is 11.5 Å². The van der Waals surface area contributed by atoms with E-state index in [0.717, 1.165) is 0 Å². The number of β-lactam (4-membered cyclic amide) rings is 1. The summed E-state index contributed by atoms with van der Waals surface area (Å²) in [5, 5.41) is 11.4. The molecule has 1 aromatic carbocycles. The first-order valence-electron chi connectivity index (χ1n) is 10.6. The Morgan fingerprint density at radius 1 is 1.17 bits per heavy atom. The van der Waals surface area contributed by atoms with Gasteiger partial charge in [0.2, 0.25) is 6.79 Å². The van der Waals surface area contributed by atoms with Gasteiger partial charge in [0.1, 0.15) is 17.1 Å². The Kier molecular flexibility index (Phi) is 8.16. The van der Waals surface area contributed by atoms with Crippen LogP contribution in [0, 0.1) is 5.41 Å². The van der Waals surface area contributed by atoms with E-state index in [0.29, 0.717) is 17.1 Å². The second-order valence-electron chi connectivity index (χ2n) is 8.83. The van der Waals surface area contributed by atoms with Crippen molar-refractivity contribution in [3.05, 3.63) is 46.7 Å². The average molecular weight is 523 g/mol. The lowest BCUT2D eigenvalue weighted by Crippen LogP contribution is -2.70. The molecule has 2 aliphatic heterocycles. The number of hydrogen-bond donors (Lipinski definition) is 2. The minimum atomic E-state index is -1.26. The van der Waals surface area contributed by atoms with E-state index in [1.54, 1.807) is 20.8 Å². The summed E-state index contributed by atoms with van der Waals surface area (Å²) in [5.41, 5.74) is -0.232. The summed E-state index contributed by atoms with van der Waals surface area (Å²) in [6.45, 7) is 4.42. The van der Waals surface area contributed by atoms with Gasteiger partial charge in [-0.25, -0.2) is 9.59 Å². The maximum atomic E-state index is 13.0. The number of carboxylic acid groups (broad SMARTS) is 1. The summed E-state index contributed by atoms with van der Waals surface area (Å²) in [7, 11) is 0. The number of nitrogens with zero attached hydrogens (tertiary/aromatic N) is 1. The first-order chi connectivity index (χ1) is 16.5.